The molecule has 0 saturated carbocycles. The predicted molar refractivity (Wildman–Crippen MR) is 79.0 cm³/mol. The minimum atomic E-state index is -0.657. The average Bonchev–Trinajstić information content (AvgIpc) is 2.39. The largest absolute Gasteiger partial charge is 0.372 e. The summed E-state index contributed by atoms with van der Waals surface area (Å²) < 4.78 is 5.56. The minimum absolute atomic E-state index is 0.0106. The van der Waals surface area contributed by atoms with E-state index >= 15 is 0 Å². The topological polar surface area (TPSA) is 72.7 Å². The van der Waals surface area contributed by atoms with Gasteiger partial charge in [-0.1, -0.05) is 23.2 Å². The van der Waals surface area contributed by atoms with Crippen LogP contribution in [0.1, 0.15) is 24.2 Å². The number of nitro benzene ring substituents is 1. The van der Waals surface area contributed by atoms with E-state index in [1.54, 1.807) is 4.90 Å². The molecule has 0 radical (unpaired) electrons. The molecule has 1 aromatic rings. The summed E-state index contributed by atoms with van der Waals surface area (Å²) >= 11 is 11.7. The molecule has 2 rings (SSSR count). The number of nitro groups is 1. The van der Waals surface area contributed by atoms with E-state index in [1.165, 1.54) is 6.07 Å². The number of hydrogen-bond donors (Lipinski definition) is 0. The first-order chi connectivity index (χ1) is 9.79. The van der Waals surface area contributed by atoms with Gasteiger partial charge in [0.05, 0.1) is 22.2 Å². The van der Waals surface area contributed by atoms with E-state index in [2.05, 4.69) is 0 Å². The lowest BCUT2D eigenvalue weighted by atomic mass is 10.1. The zero-order chi connectivity index (χ0) is 15.7. The number of benzene rings is 1. The van der Waals surface area contributed by atoms with Crippen LogP contribution in [0.5, 0.6) is 0 Å². The molecule has 1 saturated heterocycles. The standard InChI is InChI=1S/C13H14Cl2N2O4/c1-7-5-16(6-8(2)21-7)13(18)9-3-10(14)12(15)11(4-9)17(19)20/h3-4,7-8H,5-6H2,1-2H3/t7-,8+. The van der Waals surface area contributed by atoms with Crippen LogP contribution in [0.4, 0.5) is 5.69 Å². The maximum Gasteiger partial charge on any atom is 0.290 e. The fourth-order valence-electron chi connectivity index (χ4n) is 2.36. The van der Waals surface area contributed by atoms with Crippen LogP contribution >= 0.6 is 23.2 Å². The third-order valence-corrected chi connectivity index (χ3v) is 3.95. The van der Waals surface area contributed by atoms with Gasteiger partial charge in [0.2, 0.25) is 0 Å². The highest BCUT2D eigenvalue weighted by Crippen LogP contribution is 2.33. The SMILES string of the molecule is C[C@@H]1CN(C(=O)c2cc(Cl)c(Cl)c([N+](=O)[O-])c2)C[C@H](C)O1. The normalized spacial score (nSPS) is 22.2. The summed E-state index contributed by atoms with van der Waals surface area (Å²) in [6, 6.07) is 2.51. The lowest BCUT2D eigenvalue weighted by Crippen LogP contribution is -2.48. The van der Waals surface area contributed by atoms with E-state index in [0.717, 1.165) is 6.07 Å². The van der Waals surface area contributed by atoms with Gasteiger partial charge in [-0.05, 0) is 19.9 Å². The van der Waals surface area contributed by atoms with E-state index in [4.69, 9.17) is 27.9 Å². The Morgan fingerprint density at radius 2 is 1.90 bits per heavy atom. The second kappa shape index (κ2) is 6.17. The van der Waals surface area contributed by atoms with E-state index in [9.17, 15) is 14.9 Å². The maximum atomic E-state index is 12.5. The van der Waals surface area contributed by atoms with Crippen molar-refractivity contribution in [2.45, 2.75) is 26.1 Å². The number of ether oxygens (including phenoxy) is 1. The summed E-state index contributed by atoms with van der Waals surface area (Å²) in [5.41, 5.74) is -0.223. The van der Waals surface area contributed by atoms with Crippen LogP contribution in [0.3, 0.4) is 0 Å². The Labute approximate surface area is 131 Å². The Kier molecular flexibility index (Phi) is 4.70. The van der Waals surface area contributed by atoms with Gasteiger partial charge in [0.1, 0.15) is 5.02 Å². The van der Waals surface area contributed by atoms with Crippen LogP contribution < -0.4 is 0 Å². The van der Waals surface area contributed by atoms with E-state index in [0.29, 0.717) is 13.1 Å². The number of morpholine rings is 1. The third kappa shape index (κ3) is 3.45. The molecule has 1 fully saturated rings. The van der Waals surface area contributed by atoms with Crippen molar-refractivity contribution in [3.63, 3.8) is 0 Å². The van der Waals surface area contributed by atoms with Crippen LogP contribution in [0.15, 0.2) is 12.1 Å². The fraction of sp³-hybridized carbons (Fsp3) is 0.462. The number of rotatable bonds is 2. The van der Waals surface area contributed by atoms with Crippen LogP contribution in [-0.2, 0) is 4.74 Å². The molecule has 0 N–H and O–H groups in total. The van der Waals surface area contributed by atoms with Gasteiger partial charge in [0.25, 0.3) is 11.6 Å². The highest BCUT2D eigenvalue weighted by atomic mass is 35.5. The van der Waals surface area contributed by atoms with Crippen molar-refractivity contribution < 1.29 is 14.5 Å². The first-order valence-electron chi connectivity index (χ1n) is 6.37. The monoisotopic (exact) mass is 332 g/mol. The Morgan fingerprint density at radius 3 is 2.43 bits per heavy atom. The van der Waals surface area contributed by atoms with Gasteiger partial charge in [-0.25, -0.2) is 0 Å². The molecule has 0 aliphatic carbocycles. The molecule has 0 spiro atoms. The van der Waals surface area contributed by atoms with Crippen molar-refractivity contribution in [1.29, 1.82) is 0 Å². The smallest absolute Gasteiger partial charge is 0.290 e. The molecule has 8 heteroatoms. The molecule has 1 aromatic carbocycles. The first kappa shape index (κ1) is 16.0. The minimum Gasteiger partial charge on any atom is -0.372 e. The molecule has 6 nitrogen and oxygen atoms in total. The molecule has 1 heterocycles. The van der Waals surface area contributed by atoms with Crippen molar-refractivity contribution in [2.75, 3.05) is 13.1 Å². The quantitative estimate of drug-likeness (QED) is 0.616. The zero-order valence-electron chi connectivity index (χ0n) is 11.5. The Bertz CT molecular complexity index is 584. The Hall–Kier alpha value is -1.37. The number of carbonyl (C=O) groups excluding carboxylic acids is 1. The lowest BCUT2D eigenvalue weighted by Gasteiger charge is -2.35. The van der Waals surface area contributed by atoms with Gasteiger partial charge in [0.15, 0.2) is 0 Å². The molecule has 0 bridgehead atoms. The number of carbonyl (C=O) groups is 1. The van der Waals surface area contributed by atoms with Crippen LogP contribution in [0.25, 0.3) is 0 Å². The summed E-state index contributed by atoms with van der Waals surface area (Å²) in [5.74, 6) is -0.321. The van der Waals surface area contributed by atoms with Crippen molar-refractivity contribution in [3.05, 3.63) is 37.9 Å². The molecular weight excluding hydrogens is 319 g/mol. The van der Waals surface area contributed by atoms with Crippen molar-refractivity contribution >= 4 is 34.8 Å². The number of halogens is 2. The van der Waals surface area contributed by atoms with Gasteiger partial charge in [-0.2, -0.15) is 0 Å². The molecule has 0 aromatic heterocycles. The fourth-order valence-corrected chi connectivity index (χ4v) is 2.75. The molecule has 2 atom stereocenters. The van der Waals surface area contributed by atoms with Crippen molar-refractivity contribution in [3.8, 4) is 0 Å². The molecule has 1 aliphatic heterocycles. The van der Waals surface area contributed by atoms with E-state index in [-0.39, 0.29) is 39.4 Å². The maximum absolute atomic E-state index is 12.5. The molecule has 1 aliphatic rings. The Balaban J connectivity index is 2.33. The van der Waals surface area contributed by atoms with Crippen molar-refractivity contribution in [1.82, 2.24) is 4.90 Å². The van der Waals surface area contributed by atoms with Crippen molar-refractivity contribution in [2.24, 2.45) is 0 Å². The molecule has 21 heavy (non-hydrogen) atoms. The summed E-state index contributed by atoms with van der Waals surface area (Å²) in [6.07, 6.45) is -0.175. The zero-order valence-corrected chi connectivity index (χ0v) is 13.0. The summed E-state index contributed by atoms with van der Waals surface area (Å²) in [6.45, 7) is 4.59. The molecule has 1 amide bonds. The van der Waals surface area contributed by atoms with Gasteiger partial charge in [-0.3, -0.25) is 14.9 Å². The Morgan fingerprint density at radius 1 is 1.33 bits per heavy atom. The third-order valence-electron chi connectivity index (χ3n) is 3.16. The highest BCUT2D eigenvalue weighted by Gasteiger charge is 2.28. The van der Waals surface area contributed by atoms with Crippen LogP contribution in [0.2, 0.25) is 10.0 Å². The summed E-state index contributed by atoms with van der Waals surface area (Å²) in [4.78, 5) is 24.4. The number of hydrogen-bond acceptors (Lipinski definition) is 4. The molecule has 0 unspecified atom stereocenters. The average molecular weight is 333 g/mol. The number of amides is 1. The van der Waals surface area contributed by atoms with E-state index in [1.807, 2.05) is 13.8 Å². The van der Waals surface area contributed by atoms with Crippen LogP contribution in [-0.4, -0.2) is 41.0 Å². The van der Waals surface area contributed by atoms with Crippen LogP contribution in [0, 0.1) is 10.1 Å². The van der Waals surface area contributed by atoms with E-state index < -0.39 is 4.92 Å². The van der Waals surface area contributed by atoms with Gasteiger partial charge in [-0.15, -0.1) is 0 Å². The van der Waals surface area contributed by atoms with Gasteiger partial charge < -0.3 is 9.64 Å². The van der Waals surface area contributed by atoms with Gasteiger partial charge in [0, 0.05) is 24.7 Å². The lowest BCUT2D eigenvalue weighted by molar-refractivity contribution is -0.384. The highest BCUT2D eigenvalue weighted by molar-refractivity contribution is 6.43. The predicted octanol–water partition coefficient (Wildman–Crippen LogP) is 3.15. The summed E-state index contributed by atoms with van der Waals surface area (Å²) in [7, 11) is 0. The molecular formula is C13H14Cl2N2O4. The second-order valence-electron chi connectivity index (χ2n) is 5.02. The first-order valence-corrected chi connectivity index (χ1v) is 7.13. The number of nitrogens with zero attached hydrogens (tertiary/aromatic N) is 2. The second-order valence-corrected chi connectivity index (χ2v) is 5.80. The molecule has 114 valence electrons. The van der Waals surface area contributed by atoms with Gasteiger partial charge >= 0.3 is 0 Å². The summed E-state index contributed by atoms with van der Waals surface area (Å²) in [5, 5.41) is 10.8.